The monoisotopic (exact) mass is 214 g/mol. The number of hydroxylamine groups is 1. The third-order valence-electron chi connectivity index (χ3n) is 1.92. The summed E-state index contributed by atoms with van der Waals surface area (Å²) in [6.07, 6.45) is 2.18. The summed E-state index contributed by atoms with van der Waals surface area (Å²) in [6, 6.07) is 14.3. The molecule has 1 aromatic heterocycles. The van der Waals surface area contributed by atoms with Crippen molar-refractivity contribution in [1.82, 2.24) is 4.98 Å². The molecule has 0 radical (unpaired) electrons. The lowest BCUT2D eigenvalue weighted by Gasteiger charge is -2.15. The van der Waals surface area contributed by atoms with Crippen molar-refractivity contribution >= 4 is 12.2 Å². The fourth-order valence-corrected chi connectivity index (χ4v) is 1.20. The molecule has 0 bridgehead atoms. The van der Waals surface area contributed by atoms with Gasteiger partial charge in [0.25, 0.3) is 0 Å². The van der Waals surface area contributed by atoms with Crippen molar-refractivity contribution in [2.75, 3.05) is 5.06 Å². The van der Waals surface area contributed by atoms with Crippen molar-refractivity contribution in [3.63, 3.8) is 0 Å². The maximum absolute atomic E-state index is 10.9. The molecule has 4 heteroatoms. The fraction of sp³-hybridized carbons (Fsp3) is 0. The number of hydrogen-bond acceptors (Lipinski definition) is 3. The minimum Gasteiger partial charge on any atom is -0.371 e. The minimum atomic E-state index is 0.446. The molecule has 0 saturated heterocycles. The lowest BCUT2D eigenvalue weighted by molar-refractivity contribution is -0.111. The van der Waals surface area contributed by atoms with Crippen LogP contribution in [0.5, 0.6) is 5.75 Å². The molecule has 1 heterocycles. The Hall–Kier alpha value is -2.36. The number of carbonyl (C=O) groups is 1. The molecule has 0 N–H and O–H groups in total. The van der Waals surface area contributed by atoms with Crippen molar-refractivity contribution in [3.8, 4) is 5.75 Å². The summed E-state index contributed by atoms with van der Waals surface area (Å²) in [5, 5.41) is 1.08. The van der Waals surface area contributed by atoms with E-state index in [1.54, 1.807) is 36.5 Å². The second kappa shape index (κ2) is 4.93. The molecule has 0 aliphatic carbocycles. The van der Waals surface area contributed by atoms with E-state index in [9.17, 15) is 4.79 Å². The lowest BCUT2D eigenvalue weighted by atomic mass is 10.3. The summed E-state index contributed by atoms with van der Waals surface area (Å²) < 4.78 is 0. The quantitative estimate of drug-likeness (QED) is 0.577. The van der Waals surface area contributed by atoms with Crippen molar-refractivity contribution in [2.45, 2.75) is 0 Å². The van der Waals surface area contributed by atoms with E-state index in [4.69, 9.17) is 4.84 Å². The average molecular weight is 214 g/mol. The van der Waals surface area contributed by atoms with Gasteiger partial charge >= 0.3 is 0 Å². The zero-order valence-corrected chi connectivity index (χ0v) is 8.48. The highest BCUT2D eigenvalue weighted by atomic mass is 16.7. The Morgan fingerprint density at radius 1 is 1.06 bits per heavy atom. The van der Waals surface area contributed by atoms with Gasteiger partial charge in [-0.1, -0.05) is 24.3 Å². The van der Waals surface area contributed by atoms with Crippen LogP contribution in [0.4, 0.5) is 5.82 Å². The van der Waals surface area contributed by atoms with E-state index in [-0.39, 0.29) is 0 Å². The zero-order chi connectivity index (χ0) is 11.2. The van der Waals surface area contributed by atoms with E-state index in [2.05, 4.69) is 4.98 Å². The van der Waals surface area contributed by atoms with Crippen molar-refractivity contribution in [2.24, 2.45) is 0 Å². The highest BCUT2D eigenvalue weighted by Gasteiger charge is 2.07. The summed E-state index contributed by atoms with van der Waals surface area (Å²) in [5.74, 6) is 1.03. The van der Waals surface area contributed by atoms with Crippen LogP contribution in [0.25, 0.3) is 0 Å². The molecule has 16 heavy (non-hydrogen) atoms. The number of pyridine rings is 1. The molecule has 80 valence electrons. The average Bonchev–Trinajstić information content (AvgIpc) is 2.38. The molecule has 0 unspecified atom stereocenters. The molecule has 1 aromatic carbocycles. The predicted octanol–water partition coefficient (Wildman–Crippen LogP) is 2.04. The van der Waals surface area contributed by atoms with Gasteiger partial charge in [0.2, 0.25) is 6.41 Å². The Bertz CT molecular complexity index is 445. The first kappa shape index (κ1) is 10.2. The van der Waals surface area contributed by atoms with E-state index < -0.39 is 0 Å². The molecule has 0 atom stereocenters. The Kier molecular flexibility index (Phi) is 3.13. The molecule has 2 rings (SSSR count). The third-order valence-corrected chi connectivity index (χ3v) is 1.92. The summed E-state index contributed by atoms with van der Waals surface area (Å²) >= 11 is 0. The maximum Gasteiger partial charge on any atom is 0.249 e. The van der Waals surface area contributed by atoms with Gasteiger partial charge in [-0.05, 0) is 24.3 Å². The smallest absolute Gasteiger partial charge is 0.249 e. The topological polar surface area (TPSA) is 42.4 Å². The number of aromatic nitrogens is 1. The first-order valence-corrected chi connectivity index (χ1v) is 4.79. The predicted molar refractivity (Wildman–Crippen MR) is 59.9 cm³/mol. The van der Waals surface area contributed by atoms with Crippen molar-refractivity contribution < 1.29 is 9.63 Å². The highest BCUT2D eigenvalue weighted by Crippen LogP contribution is 2.14. The van der Waals surface area contributed by atoms with Crippen LogP contribution in [0.15, 0.2) is 54.7 Å². The standard InChI is InChI=1S/C12H10N2O2/c15-10-14(12-8-4-5-9-13-12)16-11-6-2-1-3-7-11/h1-10H. The molecule has 0 aliphatic heterocycles. The molecule has 1 amide bonds. The molecular formula is C12H10N2O2. The first-order valence-electron chi connectivity index (χ1n) is 4.79. The molecule has 0 spiro atoms. The van der Waals surface area contributed by atoms with E-state index >= 15 is 0 Å². The SMILES string of the molecule is O=CN(Oc1ccccc1)c1ccccn1. The number of carbonyl (C=O) groups excluding carboxylic acids is 1. The second-order valence-corrected chi connectivity index (χ2v) is 3.02. The van der Waals surface area contributed by atoms with Gasteiger partial charge in [0.15, 0.2) is 11.6 Å². The Labute approximate surface area is 93.1 Å². The lowest BCUT2D eigenvalue weighted by Crippen LogP contribution is -2.26. The van der Waals surface area contributed by atoms with E-state index in [0.717, 1.165) is 5.06 Å². The van der Waals surface area contributed by atoms with Crippen molar-refractivity contribution in [1.29, 1.82) is 0 Å². The van der Waals surface area contributed by atoms with E-state index in [0.29, 0.717) is 18.0 Å². The van der Waals surface area contributed by atoms with Crippen LogP contribution in [-0.2, 0) is 4.79 Å². The van der Waals surface area contributed by atoms with E-state index in [1.807, 2.05) is 18.2 Å². The number of rotatable bonds is 4. The van der Waals surface area contributed by atoms with Gasteiger partial charge < -0.3 is 4.84 Å². The van der Waals surface area contributed by atoms with Crippen LogP contribution in [0.1, 0.15) is 0 Å². The second-order valence-electron chi connectivity index (χ2n) is 3.02. The van der Waals surface area contributed by atoms with Crippen LogP contribution in [0, 0.1) is 0 Å². The number of nitrogens with zero attached hydrogens (tertiary/aromatic N) is 2. The van der Waals surface area contributed by atoms with Gasteiger partial charge in [0.05, 0.1) is 0 Å². The molecule has 0 saturated carbocycles. The highest BCUT2D eigenvalue weighted by molar-refractivity contribution is 5.70. The largest absolute Gasteiger partial charge is 0.371 e. The van der Waals surface area contributed by atoms with Gasteiger partial charge in [-0.3, -0.25) is 4.79 Å². The third kappa shape index (κ3) is 2.36. The molecular weight excluding hydrogens is 204 g/mol. The van der Waals surface area contributed by atoms with Gasteiger partial charge in [-0.15, -0.1) is 5.06 Å². The Morgan fingerprint density at radius 2 is 1.81 bits per heavy atom. The molecule has 0 fully saturated rings. The fourth-order valence-electron chi connectivity index (χ4n) is 1.20. The minimum absolute atomic E-state index is 0.446. The zero-order valence-electron chi connectivity index (χ0n) is 8.48. The molecule has 0 aliphatic rings. The van der Waals surface area contributed by atoms with Gasteiger partial charge in [-0.25, -0.2) is 4.98 Å². The summed E-state index contributed by atoms with van der Waals surface area (Å²) in [5.41, 5.74) is 0. The Balaban J connectivity index is 2.16. The number of hydrogen-bond donors (Lipinski definition) is 0. The normalized spacial score (nSPS) is 9.50. The van der Waals surface area contributed by atoms with Crippen LogP contribution in [0.2, 0.25) is 0 Å². The first-order chi connectivity index (χ1) is 7.90. The maximum atomic E-state index is 10.9. The number of anilines is 1. The van der Waals surface area contributed by atoms with Crippen molar-refractivity contribution in [3.05, 3.63) is 54.7 Å². The van der Waals surface area contributed by atoms with Crippen LogP contribution in [-0.4, -0.2) is 11.4 Å². The summed E-state index contributed by atoms with van der Waals surface area (Å²) in [4.78, 5) is 20.2. The van der Waals surface area contributed by atoms with Gasteiger partial charge in [0, 0.05) is 6.20 Å². The van der Waals surface area contributed by atoms with Crippen LogP contribution in [0.3, 0.4) is 0 Å². The van der Waals surface area contributed by atoms with Gasteiger partial charge in [-0.2, -0.15) is 0 Å². The molecule has 2 aromatic rings. The Morgan fingerprint density at radius 3 is 2.44 bits per heavy atom. The molecule has 4 nitrogen and oxygen atoms in total. The van der Waals surface area contributed by atoms with Crippen LogP contribution < -0.4 is 9.90 Å². The summed E-state index contributed by atoms with van der Waals surface area (Å²) in [6.45, 7) is 0. The van der Waals surface area contributed by atoms with E-state index in [1.165, 1.54) is 0 Å². The number of amides is 1. The van der Waals surface area contributed by atoms with Gasteiger partial charge in [0.1, 0.15) is 0 Å². The van der Waals surface area contributed by atoms with Crippen LogP contribution >= 0.6 is 0 Å². The number of benzene rings is 1. The summed E-state index contributed by atoms with van der Waals surface area (Å²) in [7, 11) is 0. The number of para-hydroxylation sites is 1.